The first-order valence-corrected chi connectivity index (χ1v) is 29.1. The standard InChI is InChI=1S/C63H108O6/c1-4-7-10-13-16-19-22-25-28-30-31-33-35-38-41-44-47-50-53-56-62(65)68-59-60(58-67-61(64)55-52-49-46-43-40-37-34-27-24-21-18-15-12-9-6-3)69-63(66)57-54-51-48-45-42-39-36-32-29-26-23-20-17-14-11-8-5-2/h16-21,25-29,34,36,39,60H,4-15,22-24,30-33,35,37-38,40-59H2,1-3H3/b19-16+,20-17+,21-18+,28-25+,29-26+,34-27+,39-36+/t60-/m1/s1. The molecule has 0 spiro atoms. The van der Waals surface area contributed by atoms with E-state index in [2.05, 4.69) is 106 Å². The summed E-state index contributed by atoms with van der Waals surface area (Å²) in [5.41, 5.74) is 0. The topological polar surface area (TPSA) is 78.9 Å². The fourth-order valence-corrected chi connectivity index (χ4v) is 7.92. The molecule has 0 aliphatic heterocycles. The quantitative estimate of drug-likeness (QED) is 0.0262. The molecule has 0 unspecified atom stereocenters. The van der Waals surface area contributed by atoms with Crippen molar-refractivity contribution in [3.63, 3.8) is 0 Å². The second-order valence-electron chi connectivity index (χ2n) is 19.2. The van der Waals surface area contributed by atoms with Gasteiger partial charge in [0.05, 0.1) is 0 Å². The summed E-state index contributed by atoms with van der Waals surface area (Å²) in [4.78, 5) is 38.2. The maximum Gasteiger partial charge on any atom is 0.306 e. The molecule has 0 aromatic rings. The minimum absolute atomic E-state index is 0.0925. The van der Waals surface area contributed by atoms with Crippen LogP contribution in [0.25, 0.3) is 0 Å². The van der Waals surface area contributed by atoms with Gasteiger partial charge in [-0.25, -0.2) is 0 Å². The van der Waals surface area contributed by atoms with Crippen LogP contribution in [0.15, 0.2) is 85.1 Å². The SMILES string of the molecule is CCCCC/C=C/C/C=C/C/C=C/CCCCCCC(=O)O[C@H](COC(=O)CCCCCCC/C=C/C/C=C/CCCCC)COC(=O)CCCCCCCCCCC/C=C/C/C=C/CCCCC. The molecular formula is C63H108O6. The lowest BCUT2D eigenvalue weighted by Crippen LogP contribution is -2.30. The average Bonchev–Trinajstić information content (AvgIpc) is 3.35. The van der Waals surface area contributed by atoms with Gasteiger partial charge in [-0.05, 0) is 122 Å². The lowest BCUT2D eigenvalue weighted by molar-refractivity contribution is -0.167. The zero-order valence-corrected chi connectivity index (χ0v) is 45.3. The van der Waals surface area contributed by atoms with Gasteiger partial charge in [-0.1, -0.05) is 221 Å². The summed E-state index contributed by atoms with van der Waals surface area (Å²) in [7, 11) is 0. The first-order valence-electron chi connectivity index (χ1n) is 29.1. The van der Waals surface area contributed by atoms with Crippen LogP contribution in [0.4, 0.5) is 0 Å². The van der Waals surface area contributed by atoms with Gasteiger partial charge < -0.3 is 14.2 Å². The molecule has 0 saturated heterocycles. The lowest BCUT2D eigenvalue weighted by Gasteiger charge is -2.18. The van der Waals surface area contributed by atoms with Gasteiger partial charge in [0.2, 0.25) is 0 Å². The Kier molecular flexibility index (Phi) is 54.3. The molecule has 0 heterocycles. The largest absolute Gasteiger partial charge is 0.462 e. The first-order chi connectivity index (χ1) is 34.0. The molecule has 0 bridgehead atoms. The first kappa shape index (κ1) is 65.6. The molecule has 0 aliphatic rings. The van der Waals surface area contributed by atoms with Crippen molar-refractivity contribution in [3.8, 4) is 0 Å². The molecular weight excluding hydrogens is 853 g/mol. The number of hydrogen-bond donors (Lipinski definition) is 0. The van der Waals surface area contributed by atoms with E-state index in [1.807, 2.05) is 0 Å². The van der Waals surface area contributed by atoms with Crippen LogP contribution in [0.2, 0.25) is 0 Å². The molecule has 0 fully saturated rings. The molecule has 69 heavy (non-hydrogen) atoms. The number of carbonyl (C=O) groups is 3. The number of hydrogen-bond acceptors (Lipinski definition) is 6. The van der Waals surface area contributed by atoms with Gasteiger partial charge in [0.1, 0.15) is 13.2 Å². The highest BCUT2D eigenvalue weighted by molar-refractivity contribution is 5.71. The summed E-state index contributed by atoms with van der Waals surface area (Å²) in [5.74, 6) is -0.927. The van der Waals surface area contributed by atoms with Gasteiger partial charge in [0.15, 0.2) is 6.10 Å². The van der Waals surface area contributed by atoms with Crippen LogP contribution in [0.3, 0.4) is 0 Å². The molecule has 0 N–H and O–H groups in total. The average molecular weight is 962 g/mol. The summed E-state index contributed by atoms with van der Waals surface area (Å²) < 4.78 is 16.8. The van der Waals surface area contributed by atoms with Gasteiger partial charge >= 0.3 is 17.9 Å². The molecule has 0 radical (unpaired) electrons. The van der Waals surface area contributed by atoms with E-state index in [0.29, 0.717) is 19.3 Å². The van der Waals surface area contributed by atoms with E-state index in [1.165, 1.54) is 122 Å². The summed E-state index contributed by atoms with van der Waals surface area (Å²) in [5, 5.41) is 0. The van der Waals surface area contributed by atoms with E-state index in [4.69, 9.17) is 14.2 Å². The van der Waals surface area contributed by atoms with E-state index in [1.54, 1.807) is 0 Å². The van der Waals surface area contributed by atoms with E-state index >= 15 is 0 Å². The van der Waals surface area contributed by atoms with Crippen molar-refractivity contribution in [1.82, 2.24) is 0 Å². The van der Waals surface area contributed by atoms with E-state index in [-0.39, 0.29) is 31.1 Å². The van der Waals surface area contributed by atoms with Crippen molar-refractivity contribution in [2.45, 2.75) is 284 Å². The molecule has 396 valence electrons. The lowest BCUT2D eigenvalue weighted by atomic mass is 10.1. The van der Waals surface area contributed by atoms with Gasteiger partial charge in [0.25, 0.3) is 0 Å². The Labute approximate surface area is 426 Å². The molecule has 0 aromatic carbocycles. The fraction of sp³-hybridized carbons (Fsp3) is 0.730. The van der Waals surface area contributed by atoms with Crippen molar-refractivity contribution < 1.29 is 28.6 Å². The molecule has 6 heteroatoms. The van der Waals surface area contributed by atoms with Crippen molar-refractivity contribution in [3.05, 3.63) is 85.1 Å². The van der Waals surface area contributed by atoms with Crippen LogP contribution in [0.1, 0.15) is 278 Å². The predicted molar refractivity (Wildman–Crippen MR) is 297 cm³/mol. The summed E-state index contributed by atoms with van der Waals surface area (Å²) in [6.07, 6.45) is 74.2. The van der Waals surface area contributed by atoms with Crippen molar-refractivity contribution >= 4 is 17.9 Å². The third-order valence-corrected chi connectivity index (χ3v) is 12.3. The zero-order chi connectivity index (χ0) is 50.0. The normalized spacial score (nSPS) is 12.7. The minimum Gasteiger partial charge on any atom is -0.462 e. The molecule has 1 atom stereocenters. The Morgan fingerprint density at radius 2 is 0.522 bits per heavy atom. The second kappa shape index (κ2) is 57.2. The third-order valence-electron chi connectivity index (χ3n) is 12.3. The van der Waals surface area contributed by atoms with Crippen molar-refractivity contribution in [2.24, 2.45) is 0 Å². The van der Waals surface area contributed by atoms with Crippen LogP contribution in [0.5, 0.6) is 0 Å². The Morgan fingerprint density at radius 1 is 0.290 bits per heavy atom. The molecule has 0 amide bonds. The number of carbonyl (C=O) groups excluding carboxylic acids is 3. The molecule has 0 aromatic heterocycles. The summed E-state index contributed by atoms with van der Waals surface area (Å²) in [6.45, 7) is 6.54. The van der Waals surface area contributed by atoms with Gasteiger partial charge in [-0.2, -0.15) is 0 Å². The Balaban J connectivity index is 4.44. The Morgan fingerprint density at radius 3 is 0.812 bits per heavy atom. The highest BCUT2D eigenvalue weighted by atomic mass is 16.6. The number of ether oxygens (including phenoxy) is 3. The Hall–Kier alpha value is -3.41. The highest BCUT2D eigenvalue weighted by Gasteiger charge is 2.19. The smallest absolute Gasteiger partial charge is 0.306 e. The van der Waals surface area contributed by atoms with E-state index in [9.17, 15) is 14.4 Å². The van der Waals surface area contributed by atoms with Crippen molar-refractivity contribution in [2.75, 3.05) is 13.2 Å². The predicted octanol–water partition coefficient (Wildman–Crippen LogP) is 19.5. The van der Waals surface area contributed by atoms with E-state index < -0.39 is 6.10 Å². The zero-order valence-electron chi connectivity index (χ0n) is 45.3. The molecule has 0 rings (SSSR count). The van der Waals surface area contributed by atoms with Gasteiger partial charge in [-0.3, -0.25) is 14.4 Å². The molecule has 0 saturated carbocycles. The Bertz CT molecular complexity index is 1330. The molecule has 6 nitrogen and oxygen atoms in total. The minimum atomic E-state index is -0.797. The highest BCUT2D eigenvalue weighted by Crippen LogP contribution is 2.14. The third kappa shape index (κ3) is 55.4. The summed E-state index contributed by atoms with van der Waals surface area (Å²) >= 11 is 0. The number of unbranched alkanes of at least 4 members (excludes halogenated alkanes) is 27. The maximum atomic E-state index is 12.9. The van der Waals surface area contributed by atoms with Gasteiger partial charge in [-0.15, -0.1) is 0 Å². The van der Waals surface area contributed by atoms with E-state index in [0.717, 1.165) is 116 Å². The maximum absolute atomic E-state index is 12.9. The van der Waals surface area contributed by atoms with Crippen LogP contribution >= 0.6 is 0 Å². The monoisotopic (exact) mass is 961 g/mol. The van der Waals surface area contributed by atoms with Crippen LogP contribution in [0, 0.1) is 0 Å². The van der Waals surface area contributed by atoms with Crippen LogP contribution < -0.4 is 0 Å². The van der Waals surface area contributed by atoms with Crippen LogP contribution in [-0.4, -0.2) is 37.2 Å². The number of rotatable bonds is 52. The fourth-order valence-electron chi connectivity index (χ4n) is 7.92. The summed E-state index contributed by atoms with van der Waals surface area (Å²) in [6, 6.07) is 0. The molecule has 0 aliphatic carbocycles. The van der Waals surface area contributed by atoms with Crippen molar-refractivity contribution in [1.29, 1.82) is 0 Å². The number of esters is 3. The van der Waals surface area contributed by atoms with Crippen LogP contribution in [-0.2, 0) is 28.6 Å². The number of allylic oxidation sites excluding steroid dienone is 14. The second-order valence-corrected chi connectivity index (χ2v) is 19.2. The van der Waals surface area contributed by atoms with Gasteiger partial charge in [0, 0.05) is 19.3 Å².